The molecule has 0 atom stereocenters. The summed E-state index contributed by atoms with van der Waals surface area (Å²) in [6, 6.07) is 18.2. The molecule has 0 spiro atoms. The minimum Gasteiger partial charge on any atom is -0.0620 e. The topological polar surface area (TPSA) is 0 Å². The van der Waals surface area contributed by atoms with Crippen LogP contribution in [-0.4, -0.2) is 0 Å². The Morgan fingerprint density at radius 3 is 2.30 bits per heavy atom. The summed E-state index contributed by atoms with van der Waals surface area (Å²) in [5, 5.41) is 3.01. The summed E-state index contributed by atoms with van der Waals surface area (Å²) in [5.41, 5.74) is 9.42. The van der Waals surface area contributed by atoms with Crippen LogP contribution in [0, 0.1) is 0 Å². The van der Waals surface area contributed by atoms with Crippen LogP contribution in [0.25, 0.3) is 10.8 Å². The maximum Gasteiger partial charge on any atom is -0.00171 e. The van der Waals surface area contributed by atoms with Crippen LogP contribution in [0.2, 0.25) is 0 Å². The van der Waals surface area contributed by atoms with Crippen molar-refractivity contribution in [3.05, 3.63) is 81.9 Å². The van der Waals surface area contributed by atoms with E-state index in [1.54, 1.807) is 27.6 Å². The molecule has 0 bridgehead atoms. The first-order valence-corrected chi connectivity index (χ1v) is 7.52. The molecule has 0 saturated carbocycles. The highest BCUT2D eigenvalue weighted by molar-refractivity contribution is 5.93. The van der Waals surface area contributed by atoms with Gasteiger partial charge in [-0.3, -0.25) is 0 Å². The number of benzene rings is 3. The summed E-state index contributed by atoms with van der Waals surface area (Å²) >= 11 is 0. The molecule has 0 heterocycles. The van der Waals surface area contributed by atoms with Crippen LogP contribution in [0.3, 0.4) is 0 Å². The highest BCUT2D eigenvalue weighted by atomic mass is 14.3. The number of hydrogen-bond acceptors (Lipinski definition) is 0. The van der Waals surface area contributed by atoms with Crippen LogP contribution in [0.1, 0.15) is 33.4 Å². The van der Waals surface area contributed by atoms with E-state index in [0.717, 1.165) is 12.8 Å². The molecule has 0 nitrogen and oxygen atoms in total. The average Bonchev–Trinajstić information content (AvgIpc) is 2.92. The van der Waals surface area contributed by atoms with Crippen LogP contribution >= 0.6 is 0 Å². The normalized spacial score (nSPS) is 15.2. The van der Waals surface area contributed by atoms with E-state index in [2.05, 4.69) is 48.5 Å². The molecular weight excluding hydrogens is 240 g/mol. The van der Waals surface area contributed by atoms with E-state index in [-0.39, 0.29) is 0 Å². The molecule has 0 radical (unpaired) electrons. The smallest absolute Gasteiger partial charge is 0.00171 e. The molecule has 0 aromatic heterocycles. The van der Waals surface area contributed by atoms with E-state index in [1.165, 1.54) is 29.4 Å². The minimum atomic E-state index is 1.11. The van der Waals surface area contributed by atoms with Gasteiger partial charge in [-0.15, -0.1) is 0 Å². The van der Waals surface area contributed by atoms with Crippen LogP contribution in [0.5, 0.6) is 0 Å². The average molecular weight is 256 g/mol. The Balaban J connectivity index is 1.82. The van der Waals surface area contributed by atoms with Crippen molar-refractivity contribution in [1.29, 1.82) is 0 Å². The van der Waals surface area contributed by atoms with Gasteiger partial charge in [0.25, 0.3) is 0 Å². The van der Waals surface area contributed by atoms with Gasteiger partial charge in [-0.2, -0.15) is 0 Å². The second kappa shape index (κ2) is 3.73. The first kappa shape index (κ1) is 10.7. The van der Waals surface area contributed by atoms with Crippen LogP contribution in [0.4, 0.5) is 0 Å². The minimum absolute atomic E-state index is 1.11. The second-order valence-electron chi connectivity index (χ2n) is 6.13. The lowest BCUT2D eigenvalue weighted by Crippen LogP contribution is -2.09. The summed E-state index contributed by atoms with van der Waals surface area (Å²) < 4.78 is 0. The van der Waals surface area contributed by atoms with Gasteiger partial charge >= 0.3 is 0 Å². The number of fused-ring (bicyclic) bond motifs is 3. The van der Waals surface area contributed by atoms with Gasteiger partial charge in [-0.05, 0) is 69.8 Å². The van der Waals surface area contributed by atoms with Gasteiger partial charge in [0.1, 0.15) is 0 Å². The van der Waals surface area contributed by atoms with E-state index in [9.17, 15) is 0 Å². The predicted molar refractivity (Wildman–Crippen MR) is 83.4 cm³/mol. The Morgan fingerprint density at radius 2 is 1.40 bits per heavy atom. The summed E-state index contributed by atoms with van der Waals surface area (Å²) in [5.74, 6) is 0. The van der Waals surface area contributed by atoms with Gasteiger partial charge in [-0.25, -0.2) is 0 Å². The molecule has 0 heteroatoms. The monoisotopic (exact) mass is 256 g/mol. The predicted octanol–water partition coefficient (Wildman–Crippen LogP) is 4.43. The zero-order valence-electron chi connectivity index (χ0n) is 11.4. The standard InChI is InChI=1S/C20H16/c1-2-5-15-12-19-17(10-14(15)4-1)11-16-7-3-6-13-8-9-18(19)20(13)16/h1-7,11H,8-10,12H2. The van der Waals surface area contributed by atoms with Gasteiger partial charge in [0.2, 0.25) is 0 Å². The summed E-state index contributed by atoms with van der Waals surface area (Å²) in [4.78, 5) is 0. The zero-order valence-corrected chi connectivity index (χ0v) is 11.4. The molecule has 3 aromatic rings. The van der Waals surface area contributed by atoms with Crippen molar-refractivity contribution in [1.82, 2.24) is 0 Å². The van der Waals surface area contributed by atoms with E-state index >= 15 is 0 Å². The Kier molecular flexibility index (Phi) is 1.99. The summed E-state index contributed by atoms with van der Waals surface area (Å²) in [6.07, 6.45) is 4.70. The fraction of sp³-hybridized carbons (Fsp3) is 0.200. The fourth-order valence-corrected chi connectivity index (χ4v) is 4.15. The lowest BCUT2D eigenvalue weighted by atomic mass is 9.82. The summed E-state index contributed by atoms with van der Waals surface area (Å²) in [6.45, 7) is 0. The number of rotatable bonds is 0. The van der Waals surface area contributed by atoms with Crippen molar-refractivity contribution in [3.63, 3.8) is 0 Å². The third kappa shape index (κ3) is 1.31. The Morgan fingerprint density at radius 1 is 0.600 bits per heavy atom. The van der Waals surface area contributed by atoms with Gasteiger partial charge in [0, 0.05) is 0 Å². The van der Waals surface area contributed by atoms with E-state index in [1.807, 2.05) is 0 Å². The molecule has 2 aliphatic rings. The van der Waals surface area contributed by atoms with Crippen LogP contribution < -0.4 is 0 Å². The zero-order chi connectivity index (χ0) is 13.1. The lowest BCUT2D eigenvalue weighted by Gasteiger charge is -2.22. The van der Waals surface area contributed by atoms with Crippen molar-refractivity contribution in [2.45, 2.75) is 25.7 Å². The maximum atomic E-state index is 2.44. The molecule has 20 heavy (non-hydrogen) atoms. The molecular formula is C20H16. The second-order valence-corrected chi connectivity index (χ2v) is 6.13. The molecule has 0 saturated heterocycles. The molecule has 0 unspecified atom stereocenters. The largest absolute Gasteiger partial charge is 0.0620 e. The third-order valence-corrected chi connectivity index (χ3v) is 5.08. The molecule has 5 rings (SSSR count). The van der Waals surface area contributed by atoms with Gasteiger partial charge < -0.3 is 0 Å². The highest BCUT2D eigenvalue weighted by Gasteiger charge is 2.23. The molecule has 0 N–H and O–H groups in total. The van der Waals surface area contributed by atoms with E-state index in [0.29, 0.717) is 0 Å². The van der Waals surface area contributed by atoms with Crippen molar-refractivity contribution in [2.24, 2.45) is 0 Å². The van der Waals surface area contributed by atoms with Gasteiger partial charge in [-0.1, -0.05) is 48.5 Å². The third-order valence-electron chi connectivity index (χ3n) is 5.08. The SMILES string of the molecule is c1ccc2c(c1)Cc1cc3cccc4c3c(c1C2)CC4. The number of hydrogen-bond donors (Lipinski definition) is 0. The van der Waals surface area contributed by atoms with Crippen molar-refractivity contribution in [3.8, 4) is 0 Å². The maximum absolute atomic E-state index is 2.44. The first-order valence-electron chi connectivity index (χ1n) is 7.52. The van der Waals surface area contributed by atoms with Gasteiger partial charge in [0.15, 0.2) is 0 Å². The van der Waals surface area contributed by atoms with Crippen molar-refractivity contribution >= 4 is 10.8 Å². The van der Waals surface area contributed by atoms with Gasteiger partial charge in [0.05, 0.1) is 0 Å². The Hall–Kier alpha value is -2.08. The number of aryl methyl sites for hydroxylation is 2. The van der Waals surface area contributed by atoms with E-state index in [4.69, 9.17) is 0 Å². The highest BCUT2D eigenvalue weighted by Crippen LogP contribution is 2.39. The fourth-order valence-electron chi connectivity index (χ4n) is 4.15. The molecule has 96 valence electrons. The first-order chi connectivity index (χ1) is 9.90. The quantitative estimate of drug-likeness (QED) is 0.436. The van der Waals surface area contributed by atoms with Crippen LogP contribution in [-0.2, 0) is 25.7 Å². The van der Waals surface area contributed by atoms with Crippen molar-refractivity contribution in [2.75, 3.05) is 0 Å². The van der Waals surface area contributed by atoms with Crippen molar-refractivity contribution < 1.29 is 0 Å². The molecule has 2 aliphatic carbocycles. The molecule has 0 fully saturated rings. The molecule has 0 aliphatic heterocycles. The molecule has 0 amide bonds. The summed E-state index contributed by atoms with van der Waals surface area (Å²) in [7, 11) is 0. The Bertz CT molecular complexity index is 855. The van der Waals surface area contributed by atoms with Crippen LogP contribution in [0.15, 0.2) is 48.5 Å². The lowest BCUT2D eigenvalue weighted by molar-refractivity contribution is 0.949. The molecule has 3 aromatic carbocycles. The Labute approximate surface area is 119 Å². The van der Waals surface area contributed by atoms with E-state index < -0.39 is 0 Å².